The number of carbonyl (C=O) groups excluding carboxylic acids is 2. The number of rotatable bonds is 11. The van der Waals surface area contributed by atoms with Crippen LogP contribution in [-0.2, 0) is 31.6 Å². The van der Waals surface area contributed by atoms with Crippen LogP contribution in [0.5, 0.6) is 0 Å². The molecule has 9 heteroatoms. The van der Waals surface area contributed by atoms with Gasteiger partial charge in [-0.2, -0.15) is 0 Å². The highest BCUT2D eigenvalue weighted by atomic mass is 32.2. The summed E-state index contributed by atoms with van der Waals surface area (Å²) in [5, 5.41) is 4.68. The molecule has 0 spiro atoms. The zero-order valence-corrected chi connectivity index (χ0v) is 26.0. The number of hydrogen-bond donors (Lipinski definition) is 3. The lowest BCUT2D eigenvalue weighted by Crippen LogP contribution is -2.49. The molecule has 1 heterocycles. The Labute approximate surface area is 259 Å². The van der Waals surface area contributed by atoms with E-state index in [0.717, 1.165) is 34.7 Å². The average Bonchev–Trinajstić information content (AvgIpc) is 3.55. The van der Waals surface area contributed by atoms with E-state index in [4.69, 9.17) is 5.73 Å². The molecular formula is C35H40N4O4S. The Bertz CT molecular complexity index is 1710. The van der Waals surface area contributed by atoms with Crippen molar-refractivity contribution in [2.24, 2.45) is 5.73 Å². The van der Waals surface area contributed by atoms with Crippen molar-refractivity contribution in [3.05, 3.63) is 114 Å². The second-order valence-electron chi connectivity index (χ2n) is 12.1. The molecule has 0 bridgehead atoms. The zero-order valence-electron chi connectivity index (χ0n) is 25.2. The largest absolute Gasteiger partial charge is 0.344 e. The molecule has 2 unspecified atom stereocenters. The molecule has 8 nitrogen and oxygen atoms in total. The molecule has 0 aliphatic carbocycles. The monoisotopic (exact) mass is 612 g/mol. The molecule has 4 N–H and O–H groups in total. The number of likely N-dealkylation sites (tertiary alicyclic amines) is 1. The van der Waals surface area contributed by atoms with Gasteiger partial charge >= 0.3 is 0 Å². The molecule has 1 fully saturated rings. The second-order valence-corrected chi connectivity index (χ2v) is 13.8. The van der Waals surface area contributed by atoms with Crippen LogP contribution in [0.2, 0.25) is 0 Å². The topological polar surface area (TPSA) is 122 Å². The van der Waals surface area contributed by atoms with Crippen LogP contribution in [0.15, 0.2) is 102 Å². The van der Waals surface area contributed by atoms with Gasteiger partial charge < -0.3 is 16.0 Å². The number of benzene rings is 4. The third-order valence-corrected chi connectivity index (χ3v) is 9.58. The van der Waals surface area contributed by atoms with Gasteiger partial charge in [0.2, 0.25) is 21.8 Å². The Morgan fingerprint density at radius 1 is 0.864 bits per heavy atom. The van der Waals surface area contributed by atoms with E-state index in [9.17, 15) is 18.0 Å². The van der Waals surface area contributed by atoms with E-state index in [1.165, 1.54) is 0 Å². The number of carbonyl (C=O) groups is 2. The fraction of sp³-hybridized carbons (Fsp3) is 0.314. The normalized spacial score (nSPS) is 15.2. The number of sulfonamides is 1. The minimum Gasteiger partial charge on any atom is -0.344 e. The summed E-state index contributed by atoms with van der Waals surface area (Å²) < 4.78 is 29.9. The van der Waals surface area contributed by atoms with Crippen LogP contribution in [0.3, 0.4) is 0 Å². The first-order valence-corrected chi connectivity index (χ1v) is 16.5. The van der Waals surface area contributed by atoms with Crippen molar-refractivity contribution >= 4 is 32.6 Å². The summed E-state index contributed by atoms with van der Waals surface area (Å²) in [6.45, 7) is 5.17. The molecule has 0 aromatic heterocycles. The van der Waals surface area contributed by atoms with Crippen molar-refractivity contribution in [3.63, 3.8) is 0 Å². The summed E-state index contributed by atoms with van der Waals surface area (Å²) in [7, 11) is -3.98. The molecule has 2 atom stereocenters. The first kappa shape index (κ1) is 31.4. The zero-order chi connectivity index (χ0) is 31.3. The van der Waals surface area contributed by atoms with Crippen LogP contribution in [0.1, 0.15) is 55.8 Å². The number of nitrogens with two attached hydrogens (primary N) is 1. The van der Waals surface area contributed by atoms with Crippen LogP contribution < -0.4 is 15.8 Å². The van der Waals surface area contributed by atoms with Crippen molar-refractivity contribution in [2.75, 3.05) is 13.1 Å². The maximum atomic E-state index is 13.6. The Kier molecular flexibility index (Phi) is 9.48. The highest BCUT2D eigenvalue weighted by Gasteiger charge is 2.30. The number of fused-ring (bicyclic) bond motifs is 1. The summed E-state index contributed by atoms with van der Waals surface area (Å²) in [4.78, 5) is 29.1. The summed E-state index contributed by atoms with van der Waals surface area (Å²) in [5.74, 6) is -0.551. The van der Waals surface area contributed by atoms with Gasteiger partial charge in [0.15, 0.2) is 0 Å². The van der Waals surface area contributed by atoms with Gasteiger partial charge in [0.25, 0.3) is 0 Å². The number of nitrogens with one attached hydrogen (secondary N) is 2. The van der Waals surface area contributed by atoms with Gasteiger partial charge in [-0.3, -0.25) is 9.59 Å². The van der Waals surface area contributed by atoms with E-state index in [2.05, 4.69) is 10.0 Å². The van der Waals surface area contributed by atoms with Gasteiger partial charge in [-0.25, -0.2) is 13.1 Å². The smallest absolute Gasteiger partial charge is 0.245 e. The van der Waals surface area contributed by atoms with Gasteiger partial charge in [0.05, 0.1) is 10.9 Å². The summed E-state index contributed by atoms with van der Waals surface area (Å²) in [6, 6.07) is 27.6. The Balaban J connectivity index is 1.36. The molecular weight excluding hydrogens is 572 g/mol. The predicted octanol–water partition coefficient (Wildman–Crippen LogP) is 4.79. The molecule has 0 radical (unpaired) electrons. The molecule has 4 aromatic carbocycles. The summed E-state index contributed by atoms with van der Waals surface area (Å²) >= 11 is 0. The third kappa shape index (κ3) is 7.72. The molecule has 1 aliphatic heterocycles. The van der Waals surface area contributed by atoms with E-state index in [0.29, 0.717) is 25.1 Å². The van der Waals surface area contributed by atoms with Gasteiger partial charge in [-0.1, -0.05) is 84.9 Å². The SMILES string of the molecule is CC(C)(N)c1ccc(CC(NC(=O)CC(NS(=O)(=O)c2ccc3ccccc3c2)c2ccccc2)C(=O)N2CCCC2)cc1. The lowest BCUT2D eigenvalue weighted by Gasteiger charge is -2.26. The third-order valence-electron chi connectivity index (χ3n) is 8.11. The molecule has 4 aromatic rings. The number of nitrogens with zero attached hydrogens (tertiary/aromatic N) is 1. The molecule has 0 saturated carbocycles. The van der Waals surface area contributed by atoms with E-state index in [-0.39, 0.29) is 17.2 Å². The maximum absolute atomic E-state index is 13.6. The lowest BCUT2D eigenvalue weighted by atomic mass is 9.93. The van der Waals surface area contributed by atoms with Gasteiger partial charge in [-0.15, -0.1) is 0 Å². The van der Waals surface area contributed by atoms with Crippen LogP contribution in [-0.4, -0.2) is 44.3 Å². The molecule has 230 valence electrons. The van der Waals surface area contributed by atoms with Crippen LogP contribution in [0.4, 0.5) is 0 Å². The fourth-order valence-electron chi connectivity index (χ4n) is 5.61. The number of hydrogen-bond acceptors (Lipinski definition) is 5. The highest BCUT2D eigenvalue weighted by molar-refractivity contribution is 7.89. The Morgan fingerprint density at radius 2 is 1.50 bits per heavy atom. The van der Waals surface area contributed by atoms with Crippen molar-refractivity contribution in [3.8, 4) is 0 Å². The molecule has 1 aliphatic rings. The maximum Gasteiger partial charge on any atom is 0.245 e. The Hall–Kier alpha value is -4.05. The van der Waals surface area contributed by atoms with Crippen LogP contribution in [0, 0.1) is 0 Å². The van der Waals surface area contributed by atoms with Crippen molar-refractivity contribution < 1.29 is 18.0 Å². The molecule has 44 heavy (non-hydrogen) atoms. The minimum absolute atomic E-state index is 0.115. The van der Waals surface area contributed by atoms with E-state index < -0.39 is 33.6 Å². The highest BCUT2D eigenvalue weighted by Crippen LogP contribution is 2.24. The van der Waals surface area contributed by atoms with Gasteiger partial charge in [-0.05, 0) is 66.3 Å². The van der Waals surface area contributed by atoms with Crippen molar-refractivity contribution in [1.29, 1.82) is 0 Å². The lowest BCUT2D eigenvalue weighted by molar-refractivity contribution is -0.135. The molecule has 2 amide bonds. The quantitative estimate of drug-likeness (QED) is 0.225. The van der Waals surface area contributed by atoms with E-state index >= 15 is 0 Å². The average molecular weight is 613 g/mol. The van der Waals surface area contributed by atoms with Crippen molar-refractivity contribution in [1.82, 2.24) is 14.9 Å². The first-order chi connectivity index (χ1) is 21.0. The molecule has 1 saturated heterocycles. The van der Waals surface area contributed by atoms with Gasteiger partial charge in [0.1, 0.15) is 6.04 Å². The first-order valence-electron chi connectivity index (χ1n) is 15.0. The molecule has 5 rings (SSSR count). The summed E-state index contributed by atoms with van der Waals surface area (Å²) in [5.41, 5.74) is 8.26. The summed E-state index contributed by atoms with van der Waals surface area (Å²) in [6.07, 6.45) is 1.99. The Morgan fingerprint density at radius 3 is 2.16 bits per heavy atom. The van der Waals surface area contributed by atoms with E-state index in [1.54, 1.807) is 47.4 Å². The van der Waals surface area contributed by atoms with Crippen molar-refractivity contribution in [2.45, 2.75) is 62.0 Å². The standard InChI is InChI=1S/C35H40N4O4S/c1-35(2,36)29-17-14-25(15-18-29)22-32(34(41)39-20-8-9-21-39)37-33(40)24-31(27-11-4-3-5-12-27)38-44(42,43)30-19-16-26-10-6-7-13-28(26)23-30/h3-7,10-19,23,31-32,38H,8-9,20-22,24,36H2,1-2H3,(H,37,40). The van der Waals surface area contributed by atoms with Crippen LogP contribution in [0.25, 0.3) is 10.8 Å². The predicted molar refractivity (Wildman–Crippen MR) is 173 cm³/mol. The van der Waals surface area contributed by atoms with Crippen LogP contribution >= 0.6 is 0 Å². The van der Waals surface area contributed by atoms with Gasteiger partial charge in [0, 0.05) is 31.5 Å². The second kappa shape index (κ2) is 13.3. The van der Waals surface area contributed by atoms with E-state index in [1.807, 2.05) is 68.4 Å². The fourth-order valence-corrected chi connectivity index (χ4v) is 6.86. The minimum atomic E-state index is -3.98. The number of amides is 2.